The first-order valence-electron chi connectivity index (χ1n) is 9.23. The molecule has 3 heterocycles. The average Bonchev–Trinajstić information content (AvgIpc) is 2.67. The maximum absolute atomic E-state index is 13.3. The molecule has 1 amide bonds. The predicted molar refractivity (Wildman–Crippen MR) is 104 cm³/mol. The number of amides is 1. The molecule has 1 fully saturated rings. The molecule has 27 heavy (non-hydrogen) atoms. The topological polar surface area (TPSA) is 79.0 Å². The Morgan fingerprint density at radius 3 is 2.89 bits per heavy atom. The van der Waals surface area contributed by atoms with Gasteiger partial charge in [0.1, 0.15) is 0 Å². The first-order valence-corrected chi connectivity index (χ1v) is 9.23. The second-order valence-corrected chi connectivity index (χ2v) is 7.26. The highest BCUT2D eigenvalue weighted by Gasteiger charge is 2.27. The third-order valence-corrected chi connectivity index (χ3v) is 5.15. The van der Waals surface area contributed by atoms with E-state index >= 15 is 0 Å². The summed E-state index contributed by atoms with van der Waals surface area (Å²) < 4.78 is 0. The molecule has 6 heteroatoms. The van der Waals surface area contributed by atoms with Gasteiger partial charge in [-0.15, -0.1) is 0 Å². The number of hydrogen-bond acceptors (Lipinski definition) is 4. The Morgan fingerprint density at radius 2 is 2.07 bits per heavy atom. The van der Waals surface area contributed by atoms with E-state index in [1.54, 1.807) is 0 Å². The number of aryl methyl sites for hydroxylation is 2. The van der Waals surface area contributed by atoms with Gasteiger partial charge in [0.2, 0.25) is 0 Å². The molecule has 1 saturated heterocycles. The van der Waals surface area contributed by atoms with Gasteiger partial charge in [0.25, 0.3) is 11.5 Å². The first kappa shape index (κ1) is 17.4. The molecule has 0 aliphatic carbocycles. The molecule has 0 radical (unpaired) electrons. The summed E-state index contributed by atoms with van der Waals surface area (Å²) in [6, 6.07) is 9.41. The van der Waals surface area contributed by atoms with Gasteiger partial charge in [0.15, 0.2) is 0 Å². The van der Waals surface area contributed by atoms with Crippen LogP contribution in [0.1, 0.15) is 46.1 Å². The number of rotatable bonds is 2. The Bertz CT molecular complexity index is 1070. The Balaban J connectivity index is 1.67. The molecular weight excluding hydrogens is 340 g/mol. The van der Waals surface area contributed by atoms with E-state index < -0.39 is 0 Å². The average molecular weight is 362 g/mol. The molecule has 2 aromatic heterocycles. The van der Waals surface area contributed by atoms with Gasteiger partial charge in [-0.3, -0.25) is 14.6 Å². The quantitative estimate of drug-likeness (QED) is 0.760. The summed E-state index contributed by atoms with van der Waals surface area (Å²) in [5.41, 5.74) is 4.07. The number of fused-ring (bicyclic) bond motifs is 1. The van der Waals surface area contributed by atoms with Crippen LogP contribution in [0.4, 0.5) is 0 Å². The van der Waals surface area contributed by atoms with Gasteiger partial charge in [-0.05, 0) is 44.9 Å². The maximum atomic E-state index is 13.3. The van der Waals surface area contributed by atoms with E-state index in [2.05, 4.69) is 15.0 Å². The number of nitrogens with one attached hydrogen (secondary N) is 1. The Morgan fingerprint density at radius 1 is 1.22 bits per heavy atom. The summed E-state index contributed by atoms with van der Waals surface area (Å²) in [5.74, 6) is 0.103. The number of H-pyrrole nitrogens is 1. The van der Waals surface area contributed by atoms with Crippen LogP contribution in [0.15, 0.2) is 41.5 Å². The number of nitrogens with zero attached hydrogens (tertiary/aromatic N) is 3. The van der Waals surface area contributed by atoms with Crippen LogP contribution in [0.5, 0.6) is 0 Å². The zero-order valence-corrected chi connectivity index (χ0v) is 15.5. The van der Waals surface area contributed by atoms with Gasteiger partial charge in [0.05, 0.1) is 23.1 Å². The lowest BCUT2D eigenvalue weighted by Crippen LogP contribution is -2.39. The summed E-state index contributed by atoms with van der Waals surface area (Å²) in [4.78, 5) is 38.2. The van der Waals surface area contributed by atoms with Crippen LogP contribution in [0, 0.1) is 13.8 Å². The molecule has 3 aromatic rings. The Hall–Kier alpha value is -3.02. The van der Waals surface area contributed by atoms with Crippen molar-refractivity contribution in [2.45, 2.75) is 32.6 Å². The monoisotopic (exact) mass is 362 g/mol. The molecule has 138 valence electrons. The lowest BCUT2D eigenvalue weighted by molar-refractivity contribution is 0.0707. The number of likely N-dealkylation sites (tertiary alicyclic amines) is 1. The van der Waals surface area contributed by atoms with Crippen LogP contribution in [-0.4, -0.2) is 38.8 Å². The molecule has 1 atom stereocenters. The SMILES string of the molecule is Cc1ccc2nc(C)cc(C(=O)N3CCCC(c4cc(=O)[nH]cn4)C3)c2c1. The molecule has 1 unspecified atom stereocenters. The minimum absolute atomic E-state index is 0.0191. The van der Waals surface area contributed by atoms with Gasteiger partial charge >= 0.3 is 0 Å². The third-order valence-electron chi connectivity index (χ3n) is 5.15. The number of aromatic nitrogens is 3. The fraction of sp³-hybridized carbons (Fsp3) is 0.333. The van der Waals surface area contributed by atoms with E-state index in [1.165, 1.54) is 12.4 Å². The highest BCUT2D eigenvalue weighted by Crippen LogP contribution is 2.28. The fourth-order valence-corrected chi connectivity index (χ4v) is 3.83. The standard InChI is InChI=1S/C21H22N4O2/c1-13-5-6-18-16(8-13)17(9-14(2)24-18)21(27)25-7-3-4-15(11-25)19-10-20(26)23-12-22-19/h5-6,8-10,12,15H,3-4,7,11H2,1-2H3,(H,22,23,26). The van der Waals surface area contributed by atoms with Crippen LogP contribution >= 0.6 is 0 Å². The largest absolute Gasteiger partial charge is 0.338 e. The van der Waals surface area contributed by atoms with Crippen LogP contribution in [0.2, 0.25) is 0 Å². The highest BCUT2D eigenvalue weighted by atomic mass is 16.2. The third kappa shape index (κ3) is 3.47. The van der Waals surface area contributed by atoms with E-state index in [-0.39, 0.29) is 17.4 Å². The molecule has 6 nitrogen and oxygen atoms in total. The Kier molecular flexibility index (Phi) is 4.48. The van der Waals surface area contributed by atoms with E-state index in [0.717, 1.165) is 40.7 Å². The van der Waals surface area contributed by atoms with Crippen molar-refractivity contribution >= 4 is 16.8 Å². The van der Waals surface area contributed by atoms with Crippen LogP contribution in [0.25, 0.3) is 10.9 Å². The second-order valence-electron chi connectivity index (χ2n) is 7.26. The number of hydrogen-bond donors (Lipinski definition) is 1. The molecule has 1 N–H and O–H groups in total. The van der Waals surface area contributed by atoms with Crippen molar-refractivity contribution in [2.24, 2.45) is 0 Å². The lowest BCUT2D eigenvalue weighted by Gasteiger charge is -2.32. The van der Waals surface area contributed by atoms with E-state index in [1.807, 2.05) is 43.0 Å². The normalized spacial score (nSPS) is 17.3. The smallest absolute Gasteiger partial charge is 0.254 e. The molecular formula is C21H22N4O2. The number of benzene rings is 1. The second kappa shape index (κ2) is 6.95. The van der Waals surface area contributed by atoms with Crippen molar-refractivity contribution in [1.82, 2.24) is 19.9 Å². The fourth-order valence-electron chi connectivity index (χ4n) is 3.83. The van der Waals surface area contributed by atoms with E-state index in [4.69, 9.17) is 0 Å². The minimum Gasteiger partial charge on any atom is -0.338 e. The number of aromatic amines is 1. The van der Waals surface area contributed by atoms with Gasteiger partial charge in [0, 0.05) is 36.2 Å². The summed E-state index contributed by atoms with van der Waals surface area (Å²) >= 11 is 0. The van der Waals surface area contributed by atoms with Gasteiger partial charge < -0.3 is 9.88 Å². The van der Waals surface area contributed by atoms with E-state index in [9.17, 15) is 9.59 Å². The summed E-state index contributed by atoms with van der Waals surface area (Å²) in [5, 5.41) is 0.891. The summed E-state index contributed by atoms with van der Waals surface area (Å²) in [7, 11) is 0. The predicted octanol–water partition coefficient (Wildman–Crippen LogP) is 2.95. The van der Waals surface area contributed by atoms with Crippen molar-refractivity contribution in [3.63, 3.8) is 0 Å². The van der Waals surface area contributed by atoms with Crippen molar-refractivity contribution < 1.29 is 4.79 Å². The molecule has 1 aromatic carbocycles. The molecule has 4 rings (SSSR count). The zero-order chi connectivity index (χ0) is 19.0. The van der Waals surface area contributed by atoms with Gasteiger partial charge in [-0.25, -0.2) is 4.98 Å². The zero-order valence-electron chi connectivity index (χ0n) is 15.5. The van der Waals surface area contributed by atoms with Gasteiger partial charge in [-0.2, -0.15) is 0 Å². The van der Waals surface area contributed by atoms with Gasteiger partial charge in [-0.1, -0.05) is 11.6 Å². The molecule has 1 aliphatic heterocycles. The van der Waals surface area contributed by atoms with E-state index in [0.29, 0.717) is 18.7 Å². The van der Waals surface area contributed by atoms with Crippen molar-refractivity contribution in [2.75, 3.05) is 13.1 Å². The number of carbonyl (C=O) groups excluding carboxylic acids is 1. The molecule has 0 spiro atoms. The first-order chi connectivity index (χ1) is 13.0. The van der Waals surface area contributed by atoms with Crippen molar-refractivity contribution in [3.8, 4) is 0 Å². The summed E-state index contributed by atoms with van der Waals surface area (Å²) in [6.07, 6.45) is 3.25. The van der Waals surface area contributed by atoms with Crippen LogP contribution < -0.4 is 5.56 Å². The lowest BCUT2D eigenvalue weighted by atomic mass is 9.93. The van der Waals surface area contributed by atoms with Crippen LogP contribution in [-0.2, 0) is 0 Å². The molecule has 0 bridgehead atoms. The molecule has 0 saturated carbocycles. The van der Waals surface area contributed by atoms with Crippen LogP contribution in [0.3, 0.4) is 0 Å². The molecule has 1 aliphatic rings. The van der Waals surface area contributed by atoms with Crippen molar-refractivity contribution in [3.05, 3.63) is 69.5 Å². The highest BCUT2D eigenvalue weighted by molar-refractivity contribution is 6.06. The maximum Gasteiger partial charge on any atom is 0.254 e. The minimum atomic E-state index is -0.158. The summed E-state index contributed by atoms with van der Waals surface area (Å²) in [6.45, 7) is 5.22. The number of piperidine rings is 1. The number of pyridine rings is 1. The Labute approximate surface area is 157 Å². The number of carbonyl (C=O) groups is 1. The van der Waals surface area contributed by atoms with Crippen molar-refractivity contribution in [1.29, 1.82) is 0 Å².